The molecule has 0 bridgehead atoms. The van der Waals surface area contributed by atoms with Crippen LogP contribution in [0.3, 0.4) is 0 Å². The zero-order chi connectivity index (χ0) is 21.7. The predicted molar refractivity (Wildman–Crippen MR) is 116 cm³/mol. The summed E-state index contributed by atoms with van der Waals surface area (Å²) in [5, 5.41) is 2.85. The summed E-state index contributed by atoms with van der Waals surface area (Å²) in [6.07, 6.45) is 1.56. The van der Waals surface area contributed by atoms with Gasteiger partial charge >= 0.3 is 6.03 Å². The molecular weight excluding hydrogens is 380 g/mol. The minimum atomic E-state index is -0.237. The van der Waals surface area contributed by atoms with Crippen LogP contribution in [0, 0.1) is 5.92 Å². The number of ketones is 2. The number of Topliss-reactive ketones (excluding diaryl/α,β-unsaturated/α-hetero) is 2. The molecule has 1 atom stereocenters. The number of nitrogens with one attached hydrogen (secondary N) is 1. The van der Waals surface area contributed by atoms with Gasteiger partial charge in [-0.05, 0) is 70.0 Å². The normalized spacial score (nSPS) is 16.3. The number of likely N-dealkylation sites (tertiary alicyclic amines) is 1. The van der Waals surface area contributed by atoms with Crippen molar-refractivity contribution in [2.24, 2.45) is 5.92 Å². The molecule has 6 heteroatoms. The van der Waals surface area contributed by atoms with Crippen LogP contribution in [0.5, 0.6) is 5.75 Å². The second-order valence-corrected chi connectivity index (χ2v) is 7.91. The van der Waals surface area contributed by atoms with Crippen LogP contribution in [0.2, 0.25) is 0 Å². The van der Waals surface area contributed by atoms with Gasteiger partial charge < -0.3 is 15.0 Å². The van der Waals surface area contributed by atoms with Crippen molar-refractivity contribution in [1.29, 1.82) is 0 Å². The molecule has 1 unspecified atom stereocenters. The van der Waals surface area contributed by atoms with Gasteiger partial charge in [0.1, 0.15) is 5.75 Å². The molecule has 0 aromatic heterocycles. The number of hydrogen-bond acceptors (Lipinski definition) is 4. The van der Waals surface area contributed by atoms with E-state index in [0.717, 1.165) is 12.8 Å². The maximum absolute atomic E-state index is 13.0. The van der Waals surface area contributed by atoms with Gasteiger partial charge in [0.2, 0.25) is 0 Å². The van der Waals surface area contributed by atoms with Gasteiger partial charge in [0.05, 0.1) is 6.10 Å². The van der Waals surface area contributed by atoms with E-state index in [4.69, 9.17) is 4.74 Å². The molecular formula is C24H28N2O4. The van der Waals surface area contributed by atoms with Gasteiger partial charge in [-0.2, -0.15) is 0 Å². The average Bonchev–Trinajstić information content (AvgIpc) is 2.73. The van der Waals surface area contributed by atoms with E-state index in [-0.39, 0.29) is 29.6 Å². The van der Waals surface area contributed by atoms with E-state index in [2.05, 4.69) is 5.32 Å². The zero-order valence-corrected chi connectivity index (χ0v) is 17.7. The fraction of sp³-hybridized carbons (Fsp3) is 0.375. The van der Waals surface area contributed by atoms with Crippen LogP contribution >= 0.6 is 0 Å². The van der Waals surface area contributed by atoms with E-state index < -0.39 is 0 Å². The Morgan fingerprint density at radius 2 is 1.80 bits per heavy atom. The van der Waals surface area contributed by atoms with E-state index in [1.54, 1.807) is 41.3 Å². The highest BCUT2D eigenvalue weighted by Crippen LogP contribution is 2.24. The van der Waals surface area contributed by atoms with Crippen LogP contribution in [-0.2, 0) is 0 Å². The first kappa shape index (κ1) is 21.6. The molecule has 2 aromatic rings. The molecule has 0 radical (unpaired) electrons. The van der Waals surface area contributed by atoms with Gasteiger partial charge in [0.25, 0.3) is 0 Å². The van der Waals surface area contributed by atoms with Crippen molar-refractivity contribution in [3.8, 4) is 5.75 Å². The molecule has 1 fully saturated rings. The second-order valence-electron chi connectivity index (χ2n) is 7.91. The quantitative estimate of drug-likeness (QED) is 0.697. The molecule has 3 rings (SSSR count). The summed E-state index contributed by atoms with van der Waals surface area (Å²) in [6.45, 7) is 6.38. The number of nitrogens with zero attached hydrogens (tertiary/aromatic N) is 1. The van der Waals surface area contributed by atoms with Gasteiger partial charge in [0.15, 0.2) is 11.6 Å². The Balaban J connectivity index is 1.63. The molecule has 6 nitrogen and oxygen atoms in total. The molecule has 2 amide bonds. The number of ether oxygens (including phenoxy) is 1. The fourth-order valence-corrected chi connectivity index (χ4v) is 3.60. The maximum atomic E-state index is 13.0. The molecule has 2 aromatic carbocycles. The summed E-state index contributed by atoms with van der Waals surface area (Å²) in [4.78, 5) is 38.8. The average molecular weight is 408 g/mol. The molecule has 0 saturated carbocycles. The van der Waals surface area contributed by atoms with Crippen molar-refractivity contribution in [3.05, 3.63) is 59.7 Å². The summed E-state index contributed by atoms with van der Waals surface area (Å²) in [6, 6.07) is 13.8. The van der Waals surface area contributed by atoms with E-state index in [0.29, 0.717) is 35.7 Å². The van der Waals surface area contributed by atoms with E-state index >= 15 is 0 Å². The van der Waals surface area contributed by atoms with Crippen molar-refractivity contribution >= 4 is 23.3 Å². The number of carbonyl (C=O) groups is 3. The van der Waals surface area contributed by atoms with Crippen molar-refractivity contribution in [3.63, 3.8) is 0 Å². The number of anilines is 1. The lowest BCUT2D eigenvalue weighted by Crippen LogP contribution is -2.44. The Morgan fingerprint density at radius 3 is 2.47 bits per heavy atom. The third-order valence-corrected chi connectivity index (χ3v) is 5.11. The van der Waals surface area contributed by atoms with Gasteiger partial charge in [-0.15, -0.1) is 0 Å². The largest absolute Gasteiger partial charge is 0.491 e. The van der Waals surface area contributed by atoms with Crippen molar-refractivity contribution < 1.29 is 19.1 Å². The van der Waals surface area contributed by atoms with Crippen LogP contribution < -0.4 is 10.1 Å². The standard InChI is InChI=1S/C24H28N2O4/c1-16(2)30-22-8-4-6-19(14-22)23(28)20-7-5-13-26(15-20)24(29)25-21-11-9-18(10-12-21)17(3)27/h4,6,8-12,14,16,20H,5,7,13,15H2,1-3H3,(H,25,29). The molecule has 1 aliphatic heterocycles. The Morgan fingerprint density at radius 1 is 1.07 bits per heavy atom. The maximum Gasteiger partial charge on any atom is 0.321 e. The van der Waals surface area contributed by atoms with Crippen LogP contribution in [0.15, 0.2) is 48.5 Å². The number of rotatable bonds is 6. The number of amides is 2. The lowest BCUT2D eigenvalue weighted by Gasteiger charge is -2.32. The molecule has 30 heavy (non-hydrogen) atoms. The van der Waals surface area contributed by atoms with Gasteiger partial charge in [-0.3, -0.25) is 9.59 Å². The third-order valence-electron chi connectivity index (χ3n) is 5.11. The van der Waals surface area contributed by atoms with Crippen LogP contribution in [-0.4, -0.2) is 41.7 Å². The summed E-state index contributed by atoms with van der Waals surface area (Å²) in [7, 11) is 0. The monoisotopic (exact) mass is 408 g/mol. The summed E-state index contributed by atoms with van der Waals surface area (Å²) >= 11 is 0. The van der Waals surface area contributed by atoms with Crippen molar-refractivity contribution in [1.82, 2.24) is 4.90 Å². The lowest BCUT2D eigenvalue weighted by atomic mass is 9.90. The van der Waals surface area contributed by atoms with Crippen LogP contribution in [0.4, 0.5) is 10.5 Å². The summed E-state index contributed by atoms with van der Waals surface area (Å²) in [5.41, 5.74) is 1.83. The lowest BCUT2D eigenvalue weighted by molar-refractivity contribution is 0.0850. The van der Waals surface area contributed by atoms with E-state index in [1.807, 2.05) is 26.0 Å². The number of benzene rings is 2. The first-order valence-corrected chi connectivity index (χ1v) is 10.3. The highest BCUT2D eigenvalue weighted by molar-refractivity contribution is 5.99. The van der Waals surface area contributed by atoms with Gasteiger partial charge in [-0.25, -0.2) is 4.79 Å². The smallest absolute Gasteiger partial charge is 0.321 e. The highest BCUT2D eigenvalue weighted by atomic mass is 16.5. The van der Waals surface area contributed by atoms with Crippen LogP contribution in [0.25, 0.3) is 0 Å². The first-order chi connectivity index (χ1) is 14.3. The highest BCUT2D eigenvalue weighted by Gasteiger charge is 2.29. The molecule has 1 heterocycles. The Hall–Kier alpha value is -3.15. The molecule has 1 saturated heterocycles. The molecule has 158 valence electrons. The van der Waals surface area contributed by atoms with E-state index in [9.17, 15) is 14.4 Å². The topological polar surface area (TPSA) is 75.7 Å². The second kappa shape index (κ2) is 9.57. The summed E-state index contributed by atoms with van der Waals surface area (Å²) in [5.74, 6) is 0.454. The minimum Gasteiger partial charge on any atom is -0.491 e. The summed E-state index contributed by atoms with van der Waals surface area (Å²) < 4.78 is 5.69. The number of hydrogen-bond donors (Lipinski definition) is 1. The molecule has 1 aliphatic rings. The van der Waals surface area contributed by atoms with Crippen molar-refractivity contribution in [2.75, 3.05) is 18.4 Å². The van der Waals surface area contributed by atoms with Gasteiger partial charge in [0, 0.05) is 35.8 Å². The third kappa shape index (κ3) is 5.47. The first-order valence-electron chi connectivity index (χ1n) is 10.3. The van der Waals surface area contributed by atoms with Crippen LogP contribution in [0.1, 0.15) is 54.3 Å². The van der Waals surface area contributed by atoms with E-state index in [1.165, 1.54) is 6.92 Å². The van der Waals surface area contributed by atoms with Crippen molar-refractivity contribution in [2.45, 2.75) is 39.7 Å². The molecule has 0 spiro atoms. The predicted octanol–water partition coefficient (Wildman–Crippen LogP) is 4.80. The number of urea groups is 1. The SMILES string of the molecule is CC(=O)c1ccc(NC(=O)N2CCCC(C(=O)c3cccc(OC(C)C)c3)C2)cc1. The van der Waals surface area contributed by atoms with Gasteiger partial charge in [-0.1, -0.05) is 12.1 Å². The fourth-order valence-electron chi connectivity index (χ4n) is 3.60. The minimum absolute atomic E-state index is 0.0203. The Bertz CT molecular complexity index is 921. The zero-order valence-electron chi connectivity index (χ0n) is 17.7. The Kier molecular flexibility index (Phi) is 6.87. The molecule has 1 N–H and O–H groups in total. The number of piperidine rings is 1. The molecule has 0 aliphatic carbocycles. The Labute approximate surface area is 177 Å². The number of carbonyl (C=O) groups excluding carboxylic acids is 3.